The van der Waals surface area contributed by atoms with Crippen LogP contribution in [0.1, 0.15) is 54.9 Å². The van der Waals surface area contributed by atoms with Gasteiger partial charge in [0.25, 0.3) is 5.91 Å². The molecule has 1 aliphatic rings. The van der Waals surface area contributed by atoms with Gasteiger partial charge in [-0.25, -0.2) is 4.98 Å². The van der Waals surface area contributed by atoms with Crippen LogP contribution in [0, 0.1) is 0 Å². The van der Waals surface area contributed by atoms with Crippen molar-refractivity contribution in [1.29, 1.82) is 0 Å². The second-order valence-electron chi connectivity index (χ2n) is 8.82. The van der Waals surface area contributed by atoms with Gasteiger partial charge in [0.2, 0.25) is 0 Å². The maximum Gasteiger partial charge on any atom is 0.417 e. The van der Waals surface area contributed by atoms with Gasteiger partial charge in [0.15, 0.2) is 0 Å². The standard InChI is InChI=1S/C27H30F3N3OS/c1-2-19-10-7-8-16-33(19)17-9-15-31-26(34)21-18-25(32-23-13-5-3-11-20(21)23)35-24-14-6-4-12-22(24)27(28,29)30/h3-6,11-14,18-19H,2,7-10,15-17H2,1H3,(H,31,34). The van der Waals surface area contributed by atoms with Crippen molar-refractivity contribution < 1.29 is 18.0 Å². The first kappa shape index (κ1) is 25.5. The fourth-order valence-corrected chi connectivity index (χ4v) is 5.68. The summed E-state index contributed by atoms with van der Waals surface area (Å²) in [5.74, 6) is -0.236. The number of piperidine rings is 1. The number of fused-ring (bicyclic) bond motifs is 1. The van der Waals surface area contributed by atoms with Crippen LogP contribution in [0.2, 0.25) is 0 Å². The van der Waals surface area contributed by atoms with Crippen molar-refractivity contribution in [3.8, 4) is 0 Å². The van der Waals surface area contributed by atoms with Crippen LogP contribution in [0.4, 0.5) is 13.2 Å². The molecule has 3 aromatic rings. The quantitative estimate of drug-likeness (QED) is 0.345. The zero-order chi connectivity index (χ0) is 24.8. The number of benzene rings is 2. The van der Waals surface area contributed by atoms with Crippen LogP contribution in [0.5, 0.6) is 0 Å². The van der Waals surface area contributed by atoms with Crippen LogP contribution in [0.15, 0.2) is 64.5 Å². The van der Waals surface area contributed by atoms with E-state index < -0.39 is 11.7 Å². The highest BCUT2D eigenvalue weighted by atomic mass is 32.2. The van der Waals surface area contributed by atoms with Crippen molar-refractivity contribution in [1.82, 2.24) is 15.2 Å². The lowest BCUT2D eigenvalue weighted by Crippen LogP contribution is -2.40. The summed E-state index contributed by atoms with van der Waals surface area (Å²) in [6.45, 7) is 4.83. The molecular weight excluding hydrogens is 471 g/mol. The molecule has 35 heavy (non-hydrogen) atoms. The van der Waals surface area contributed by atoms with Gasteiger partial charge >= 0.3 is 6.18 Å². The highest BCUT2D eigenvalue weighted by molar-refractivity contribution is 7.99. The molecule has 2 aromatic carbocycles. The molecule has 1 fully saturated rings. The van der Waals surface area contributed by atoms with E-state index in [4.69, 9.17) is 0 Å². The zero-order valence-electron chi connectivity index (χ0n) is 19.8. The summed E-state index contributed by atoms with van der Waals surface area (Å²) in [5.41, 5.74) is 0.285. The van der Waals surface area contributed by atoms with E-state index >= 15 is 0 Å². The first-order valence-electron chi connectivity index (χ1n) is 12.1. The number of carbonyl (C=O) groups excluding carboxylic acids is 1. The van der Waals surface area contributed by atoms with Gasteiger partial charge in [-0.05, 0) is 56.5 Å². The van der Waals surface area contributed by atoms with Crippen molar-refractivity contribution in [3.63, 3.8) is 0 Å². The monoisotopic (exact) mass is 501 g/mol. The highest BCUT2D eigenvalue weighted by Crippen LogP contribution is 2.39. The van der Waals surface area contributed by atoms with Crippen molar-refractivity contribution in [3.05, 3.63) is 65.7 Å². The number of likely N-dealkylation sites (tertiary alicyclic amines) is 1. The van der Waals surface area contributed by atoms with E-state index in [-0.39, 0.29) is 10.8 Å². The first-order chi connectivity index (χ1) is 16.9. The van der Waals surface area contributed by atoms with E-state index in [1.165, 1.54) is 31.4 Å². The third kappa shape index (κ3) is 6.35. The highest BCUT2D eigenvalue weighted by Gasteiger charge is 2.33. The molecule has 0 bridgehead atoms. The van der Waals surface area contributed by atoms with Gasteiger partial charge in [-0.2, -0.15) is 13.2 Å². The number of rotatable bonds is 8. The van der Waals surface area contributed by atoms with Crippen molar-refractivity contribution in [2.75, 3.05) is 19.6 Å². The van der Waals surface area contributed by atoms with Gasteiger partial charge in [-0.3, -0.25) is 4.79 Å². The molecule has 0 aliphatic carbocycles. The van der Waals surface area contributed by atoms with Gasteiger partial charge < -0.3 is 10.2 Å². The van der Waals surface area contributed by atoms with Gasteiger partial charge in [-0.1, -0.05) is 55.4 Å². The molecule has 1 atom stereocenters. The second kappa shape index (κ2) is 11.4. The summed E-state index contributed by atoms with van der Waals surface area (Å²) < 4.78 is 40.4. The van der Waals surface area contributed by atoms with Gasteiger partial charge in [0, 0.05) is 29.4 Å². The van der Waals surface area contributed by atoms with E-state index in [1.54, 1.807) is 24.3 Å². The van der Waals surface area contributed by atoms with E-state index in [2.05, 4.69) is 22.1 Å². The third-order valence-corrected chi connectivity index (χ3v) is 7.47. The molecule has 4 rings (SSSR count). The first-order valence-corrected chi connectivity index (χ1v) is 12.9. The minimum atomic E-state index is -4.47. The number of nitrogens with one attached hydrogen (secondary N) is 1. The smallest absolute Gasteiger partial charge is 0.352 e. The maximum atomic E-state index is 13.5. The largest absolute Gasteiger partial charge is 0.417 e. The second-order valence-corrected chi connectivity index (χ2v) is 9.89. The van der Waals surface area contributed by atoms with E-state index in [0.717, 1.165) is 43.8 Å². The Bertz CT molecular complexity index is 1170. The number of alkyl halides is 3. The Kier molecular flexibility index (Phi) is 8.34. The summed E-state index contributed by atoms with van der Waals surface area (Å²) in [6, 6.07) is 14.9. The number of pyridine rings is 1. The van der Waals surface area contributed by atoms with E-state index in [0.29, 0.717) is 34.1 Å². The minimum Gasteiger partial charge on any atom is -0.352 e. The van der Waals surface area contributed by atoms with Crippen LogP contribution >= 0.6 is 11.8 Å². The summed E-state index contributed by atoms with van der Waals surface area (Å²) in [7, 11) is 0. The predicted molar refractivity (Wildman–Crippen MR) is 134 cm³/mol. The Labute approximate surface area is 208 Å². The number of amides is 1. The molecule has 1 aliphatic heterocycles. The van der Waals surface area contributed by atoms with Crippen LogP contribution in [-0.2, 0) is 6.18 Å². The Morgan fingerprint density at radius 1 is 1.14 bits per heavy atom. The molecule has 1 N–H and O–H groups in total. The van der Waals surface area contributed by atoms with Crippen molar-refractivity contribution >= 4 is 28.6 Å². The number of carbonyl (C=O) groups is 1. The SMILES string of the molecule is CCC1CCCCN1CCCNC(=O)c1cc(Sc2ccccc2C(F)(F)F)nc2ccccc12. The molecular formula is C27H30F3N3OS. The Morgan fingerprint density at radius 3 is 2.71 bits per heavy atom. The topological polar surface area (TPSA) is 45.2 Å². The lowest BCUT2D eigenvalue weighted by molar-refractivity contribution is -0.139. The minimum absolute atomic E-state index is 0.0566. The fraction of sp³-hybridized carbons (Fsp3) is 0.407. The molecule has 1 saturated heterocycles. The number of hydrogen-bond acceptors (Lipinski definition) is 4. The number of hydrogen-bond donors (Lipinski definition) is 1. The molecule has 2 heterocycles. The zero-order valence-corrected chi connectivity index (χ0v) is 20.6. The summed E-state index contributed by atoms with van der Waals surface area (Å²) in [6.07, 6.45) is 1.28. The van der Waals surface area contributed by atoms with Crippen LogP contribution < -0.4 is 5.32 Å². The number of aromatic nitrogens is 1. The number of nitrogens with zero attached hydrogens (tertiary/aromatic N) is 2. The Balaban J connectivity index is 1.49. The lowest BCUT2D eigenvalue weighted by Gasteiger charge is -2.35. The van der Waals surface area contributed by atoms with Crippen LogP contribution in [0.25, 0.3) is 10.9 Å². The fourth-order valence-electron chi connectivity index (χ4n) is 4.69. The molecule has 1 unspecified atom stereocenters. The maximum absolute atomic E-state index is 13.5. The molecule has 186 valence electrons. The van der Waals surface area contributed by atoms with Crippen LogP contribution in [-0.4, -0.2) is 41.5 Å². The average Bonchev–Trinajstić information content (AvgIpc) is 2.86. The molecule has 8 heteroatoms. The van der Waals surface area contributed by atoms with Gasteiger partial charge in [-0.15, -0.1) is 0 Å². The molecule has 1 amide bonds. The number of halogens is 3. The average molecular weight is 502 g/mol. The lowest BCUT2D eigenvalue weighted by atomic mass is 10.00. The molecule has 0 saturated carbocycles. The van der Waals surface area contributed by atoms with E-state index in [1.807, 2.05) is 12.1 Å². The summed E-state index contributed by atoms with van der Waals surface area (Å²) >= 11 is 0.920. The van der Waals surface area contributed by atoms with Crippen molar-refractivity contribution in [2.45, 2.75) is 61.2 Å². The Morgan fingerprint density at radius 2 is 1.91 bits per heavy atom. The van der Waals surface area contributed by atoms with E-state index in [9.17, 15) is 18.0 Å². The summed E-state index contributed by atoms with van der Waals surface area (Å²) in [5, 5.41) is 4.04. The third-order valence-electron chi connectivity index (χ3n) is 6.47. The predicted octanol–water partition coefficient (Wildman–Crippen LogP) is 6.79. The van der Waals surface area contributed by atoms with Gasteiger partial charge in [0.05, 0.1) is 16.6 Å². The van der Waals surface area contributed by atoms with Crippen molar-refractivity contribution in [2.24, 2.45) is 0 Å². The molecule has 1 aromatic heterocycles. The van der Waals surface area contributed by atoms with Crippen LogP contribution in [0.3, 0.4) is 0 Å². The molecule has 4 nitrogen and oxygen atoms in total. The molecule has 0 spiro atoms. The molecule has 0 radical (unpaired) electrons. The number of para-hydroxylation sites is 1. The Hall–Kier alpha value is -2.58. The van der Waals surface area contributed by atoms with Gasteiger partial charge in [0.1, 0.15) is 5.03 Å². The normalized spacial score (nSPS) is 17.0. The summed E-state index contributed by atoms with van der Waals surface area (Å²) in [4.78, 5) is 20.2.